The average molecular weight is 453 g/mol. The third-order valence-corrected chi connectivity index (χ3v) is 5.89. The molecule has 0 aliphatic heterocycles. The predicted molar refractivity (Wildman–Crippen MR) is 108 cm³/mol. The number of carbonyl (C=O) groups is 1. The maximum Gasteiger partial charge on any atom is 0.416 e. The molecular formula is C19H18F3N5O3S. The molecule has 4 rings (SSSR count). The number of rotatable bonds is 5. The largest absolute Gasteiger partial charge is 0.416 e. The molecule has 8 nitrogen and oxygen atoms in total. The van der Waals surface area contributed by atoms with Crippen molar-refractivity contribution >= 4 is 44.1 Å². The zero-order valence-electron chi connectivity index (χ0n) is 16.5. The first-order chi connectivity index (χ1) is 14.4. The van der Waals surface area contributed by atoms with Crippen LogP contribution in [-0.2, 0) is 20.8 Å². The van der Waals surface area contributed by atoms with Crippen LogP contribution in [0.4, 0.5) is 30.4 Å². The highest BCUT2D eigenvalue weighted by molar-refractivity contribution is 7.90. The van der Waals surface area contributed by atoms with Crippen LogP contribution in [0.3, 0.4) is 0 Å². The number of H-pyrrole nitrogens is 1. The fraction of sp³-hybridized carbons (Fsp3) is 0.316. The summed E-state index contributed by atoms with van der Waals surface area (Å²) < 4.78 is 63.7. The molecule has 1 saturated carbocycles. The van der Waals surface area contributed by atoms with E-state index < -0.39 is 26.5 Å². The molecule has 12 heteroatoms. The number of alkyl halides is 3. The summed E-state index contributed by atoms with van der Waals surface area (Å²) in [6.07, 6.45) is -2.27. The summed E-state index contributed by atoms with van der Waals surface area (Å²) in [4.78, 5) is 23.2. The van der Waals surface area contributed by atoms with E-state index in [0.717, 1.165) is 31.2 Å². The Labute approximate surface area is 175 Å². The number of aromatic amines is 1. The molecule has 2 heterocycles. The van der Waals surface area contributed by atoms with Gasteiger partial charge in [-0.25, -0.2) is 18.4 Å². The second kappa shape index (κ2) is 7.22. The summed E-state index contributed by atoms with van der Waals surface area (Å²) in [5.41, 5.74) is -0.165. The van der Waals surface area contributed by atoms with Crippen molar-refractivity contribution < 1.29 is 26.4 Å². The number of nitrogens with zero attached hydrogens (tertiary/aromatic N) is 2. The highest BCUT2D eigenvalue weighted by atomic mass is 32.2. The Morgan fingerprint density at radius 2 is 1.87 bits per heavy atom. The third kappa shape index (κ3) is 4.48. The van der Waals surface area contributed by atoms with Gasteiger partial charge in [-0.05, 0) is 38.0 Å². The fourth-order valence-electron chi connectivity index (χ4n) is 3.09. The Balaban J connectivity index is 1.79. The number of hydrogen-bond donors (Lipinski definition) is 3. The van der Waals surface area contributed by atoms with Crippen molar-refractivity contribution in [1.82, 2.24) is 15.0 Å². The molecule has 0 unspecified atom stereocenters. The van der Waals surface area contributed by atoms with Crippen LogP contribution in [0.1, 0.15) is 24.2 Å². The maximum absolute atomic E-state index is 13.1. The van der Waals surface area contributed by atoms with Crippen molar-refractivity contribution in [3.63, 3.8) is 0 Å². The van der Waals surface area contributed by atoms with Crippen molar-refractivity contribution in [3.8, 4) is 0 Å². The van der Waals surface area contributed by atoms with Gasteiger partial charge in [-0.15, -0.1) is 0 Å². The monoisotopic (exact) mass is 453 g/mol. The number of benzene rings is 1. The highest BCUT2D eigenvalue weighted by Gasteiger charge is 2.33. The van der Waals surface area contributed by atoms with E-state index in [1.54, 1.807) is 6.92 Å². The maximum atomic E-state index is 13.1. The minimum atomic E-state index is -4.69. The van der Waals surface area contributed by atoms with E-state index in [9.17, 15) is 26.4 Å². The van der Waals surface area contributed by atoms with Crippen LogP contribution < -0.4 is 10.6 Å². The number of aromatic nitrogens is 3. The molecule has 3 aromatic rings. The number of pyridine rings is 1. The van der Waals surface area contributed by atoms with E-state index in [1.807, 2.05) is 0 Å². The molecule has 0 saturated heterocycles. The van der Waals surface area contributed by atoms with E-state index in [2.05, 4.69) is 25.6 Å². The fourth-order valence-corrected chi connectivity index (χ4v) is 3.95. The summed E-state index contributed by atoms with van der Waals surface area (Å²) in [6.45, 7) is 1.69. The lowest BCUT2D eigenvalue weighted by molar-refractivity contribution is -0.137. The molecule has 0 atom stereocenters. The van der Waals surface area contributed by atoms with Crippen LogP contribution >= 0.6 is 0 Å². The van der Waals surface area contributed by atoms with Crippen molar-refractivity contribution in [3.05, 3.63) is 35.7 Å². The molecule has 1 aromatic carbocycles. The summed E-state index contributed by atoms with van der Waals surface area (Å²) in [5, 5.41) is 5.55. The number of fused-ring (bicyclic) bond motifs is 1. The molecule has 1 fully saturated rings. The molecule has 2 aromatic heterocycles. The number of hydrogen-bond acceptors (Lipinski definition) is 6. The zero-order chi connectivity index (χ0) is 22.6. The van der Waals surface area contributed by atoms with Gasteiger partial charge in [0, 0.05) is 18.2 Å². The molecule has 1 amide bonds. The number of aryl methyl sites for hydroxylation is 1. The molecule has 3 N–H and O–H groups in total. The molecule has 1 aliphatic rings. The molecule has 164 valence electrons. The van der Waals surface area contributed by atoms with Gasteiger partial charge in [-0.1, -0.05) is 0 Å². The van der Waals surface area contributed by atoms with Crippen molar-refractivity contribution in [2.45, 2.75) is 30.8 Å². The lowest BCUT2D eigenvalue weighted by Crippen LogP contribution is -2.14. The number of amides is 1. The first kappa shape index (κ1) is 21.1. The van der Waals surface area contributed by atoms with E-state index in [-0.39, 0.29) is 29.0 Å². The van der Waals surface area contributed by atoms with Gasteiger partial charge in [-0.2, -0.15) is 13.2 Å². The van der Waals surface area contributed by atoms with Crippen LogP contribution in [0.5, 0.6) is 0 Å². The molecule has 0 bridgehead atoms. The zero-order valence-corrected chi connectivity index (χ0v) is 17.3. The molecule has 1 aliphatic carbocycles. The van der Waals surface area contributed by atoms with Gasteiger partial charge in [0.25, 0.3) is 0 Å². The van der Waals surface area contributed by atoms with Gasteiger partial charge >= 0.3 is 6.18 Å². The molecule has 0 spiro atoms. The highest BCUT2D eigenvalue weighted by Crippen LogP contribution is 2.36. The standard InChI is InChI=1S/C19H18F3N5O3S/c1-9-23-16-13(8-15(26-17(16)24-9)27-18(28)10-3-4-10)25-12-6-5-11(19(20,21)22)7-14(12)31(2,29)30/h5-8,10H,3-4H2,1-2H3,(H3,23,24,25,26,27,28). The van der Waals surface area contributed by atoms with Crippen molar-refractivity contribution in [2.24, 2.45) is 5.92 Å². The van der Waals surface area contributed by atoms with E-state index in [4.69, 9.17) is 0 Å². The van der Waals surface area contributed by atoms with E-state index in [1.165, 1.54) is 6.07 Å². The molecule has 31 heavy (non-hydrogen) atoms. The van der Waals surface area contributed by atoms with Gasteiger partial charge in [0.2, 0.25) is 5.91 Å². The smallest absolute Gasteiger partial charge is 0.352 e. The summed E-state index contributed by atoms with van der Waals surface area (Å²) >= 11 is 0. The Bertz CT molecular complexity index is 1300. The van der Waals surface area contributed by atoms with Crippen molar-refractivity contribution in [2.75, 3.05) is 16.9 Å². The number of nitrogens with one attached hydrogen (secondary N) is 3. The van der Waals surface area contributed by atoms with Crippen LogP contribution in [0.2, 0.25) is 0 Å². The number of carbonyl (C=O) groups excluding carboxylic acids is 1. The number of anilines is 3. The lowest BCUT2D eigenvalue weighted by Gasteiger charge is -2.15. The van der Waals surface area contributed by atoms with Crippen LogP contribution in [-0.4, -0.2) is 35.5 Å². The minimum absolute atomic E-state index is 0.0527. The van der Waals surface area contributed by atoms with Gasteiger partial charge in [0.15, 0.2) is 15.5 Å². The first-order valence-electron chi connectivity index (χ1n) is 9.28. The molecular weight excluding hydrogens is 435 g/mol. The second-order valence-electron chi connectivity index (χ2n) is 7.44. The van der Waals surface area contributed by atoms with E-state index in [0.29, 0.717) is 23.1 Å². The summed E-state index contributed by atoms with van der Waals surface area (Å²) in [6, 6.07) is 3.89. The predicted octanol–water partition coefficient (Wildman–Crippen LogP) is 3.78. The topological polar surface area (TPSA) is 117 Å². The normalized spacial score (nSPS) is 14.6. The third-order valence-electron chi connectivity index (χ3n) is 4.75. The second-order valence-corrected chi connectivity index (χ2v) is 9.43. The average Bonchev–Trinajstić information content (AvgIpc) is 3.42. The van der Waals surface area contributed by atoms with Gasteiger partial charge < -0.3 is 15.6 Å². The molecule has 0 radical (unpaired) electrons. The Hall–Kier alpha value is -3.15. The Kier molecular flexibility index (Phi) is 4.91. The first-order valence-corrected chi connectivity index (χ1v) is 11.2. The van der Waals surface area contributed by atoms with Crippen LogP contribution in [0, 0.1) is 12.8 Å². The number of halogens is 3. The number of sulfone groups is 1. The van der Waals surface area contributed by atoms with Crippen LogP contribution in [0.25, 0.3) is 11.2 Å². The van der Waals surface area contributed by atoms with Gasteiger partial charge in [0.1, 0.15) is 17.2 Å². The Morgan fingerprint density at radius 1 is 1.16 bits per heavy atom. The van der Waals surface area contributed by atoms with E-state index >= 15 is 0 Å². The Morgan fingerprint density at radius 3 is 2.48 bits per heavy atom. The number of imidazole rings is 1. The quantitative estimate of drug-likeness (QED) is 0.541. The van der Waals surface area contributed by atoms with Gasteiger partial charge in [0.05, 0.1) is 21.8 Å². The lowest BCUT2D eigenvalue weighted by atomic mass is 10.2. The SMILES string of the molecule is Cc1nc2c(Nc3ccc(C(F)(F)F)cc3S(C)(=O)=O)cc(NC(=O)C3CC3)nc2[nH]1. The summed E-state index contributed by atoms with van der Waals surface area (Å²) in [7, 11) is -3.99. The summed E-state index contributed by atoms with van der Waals surface area (Å²) in [5.74, 6) is 0.486. The minimum Gasteiger partial charge on any atom is -0.352 e. The van der Waals surface area contributed by atoms with Crippen molar-refractivity contribution in [1.29, 1.82) is 0 Å². The van der Waals surface area contributed by atoms with Crippen LogP contribution in [0.15, 0.2) is 29.2 Å². The van der Waals surface area contributed by atoms with Gasteiger partial charge in [-0.3, -0.25) is 4.79 Å².